The van der Waals surface area contributed by atoms with Crippen molar-refractivity contribution in [3.8, 4) is 0 Å². The van der Waals surface area contributed by atoms with Gasteiger partial charge in [0.25, 0.3) is 0 Å². The molecule has 3 atom stereocenters. The molecule has 1 aliphatic heterocycles. The summed E-state index contributed by atoms with van der Waals surface area (Å²) in [6, 6.07) is 0. The van der Waals surface area contributed by atoms with Gasteiger partial charge >= 0.3 is 5.97 Å². The summed E-state index contributed by atoms with van der Waals surface area (Å²) >= 11 is 0. The average Bonchev–Trinajstić information content (AvgIpc) is 2.84. The monoisotopic (exact) mass is 210 g/mol. The summed E-state index contributed by atoms with van der Waals surface area (Å²) in [7, 11) is 0. The molecule has 1 saturated carbocycles. The van der Waals surface area contributed by atoms with Gasteiger partial charge in [-0.25, -0.2) is 0 Å². The lowest BCUT2D eigenvalue weighted by molar-refractivity contribution is -0.148. The van der Waals surface area contributed by atoms with Crippen LogP contribution in [0.1, 0.15) is 33.1 Å². The van der Waals surface area contributed by atoms with Gasteiger partial charge in [-0.2, -0.15) is 0 Å². The minimum absolute atomic E-state index is 0.0214. The highest BCUT2D eigenvalue weighted by Crippen LogP contribution is 2.49. The molecule has 0 radical (unpaired) electrons. The van der Waals surface area contributed by atoms with E-state index in [9.17, 15) is 4.79 Å². The standard InChI is InChI=1S/C12H18O3/c1-8(2)7-14-11(13)9-4-5-10-12(3,6-9)15-10/h9-10H,1,4-7H2,2-3H3. The van der Waals surface area contributed by atoms with Crippen molar-refractivity contribution in [1.82, 2.24) is 0 Å². The molecule has 3 heteroatoms. The first-order valence-corrected chi connectivity index (χ1v) is 5.50. The Morgan fingerprint density at radius 3 is 2.93 bits per heavy atom. The third-order valence-electron chi connectivity index (χ3n) is 3.26. The average molecular weight is 210 g/mol. The van der Waals surface area contributed by atoms with E-state index in [0.717, 1.165) is 24.8 Å². The highest BCUT2D eigenvalue weighted by molar-refractivity contribution is 5.73. The lowest BCUT2D eigenvalue weighted by Gasteiger charge is -2.21. The Morgan fingerprint density at radius 2 is 2.33 bits per heavy atom. The van der Waals surface area contributed by atoms with Crippen molar-refractivity contribution in [1.29, 1.82) is 0 Å². The molecule has 1 saturated heterocycles. The smallest absolute Gasteiger partial charge is 0.309 e. The largest absolute Gasteiger partial charge is 0.461 e. The van der Waals surface area contributed by atoms with Gasteiger partial charge in [-0.3, -0.25) is 4.79 Å². The van der Waals surface area contributed by atoms with E-state index in [-0.39, 0.29) is 17.5 Å². The normalized spacial score (nSPS) is 38.0. The van der Waals surface area contributed by atoms with Crippen LogP contribution < -0.4 is 0 Å². The van der Waals surface area contributed by atoms with Gasteiger partial charge in [0.1, 0.15) is 6.61 Å². The van der Waals surface area contributed by atoms with Crippen LogP contribution in [0.15, 0.2) is 12.2 Å². The van der Waals surface area contributed by atoms with Crippen LogP contribution in [0.25, 0.3) is 0 Å². The Kier molecular flexibility index (Phi) is 2.59. The van der Waals surface area contributed by atoms with E-state index in [2.05, 4.69) is 13.5 Å². The molecular formula is C12H18O3. The third-order valence-corrected chi connectivity index (χ3v) is 3.26. The van der Waals surface area contributed by atoms with Crippen molar-refractivity contribution >= 4 is 5.97 Å². The number of rotatable bonds is 3. The number of carbonyl (C=O) groups excluding carboxylic acids is 1. The van der Waals surface area contributed by atoms with Crippen LogP contribution in [-0.2, 0) is 14.3 Å². The molecule has 2 rings (SSSR count). The van der Waals surface area contributed by atoms with Gasteiger partial charge in [-0.1, -0.05) is 6.58 Å². The molecule has 15 heavy (non-hydrogen) atoms. The van der Waals surface area contributed by atoms with Gasteiger partial charge in [0.2, 0.25) is 0 Å². The van der Waals surface area contributed by atoms with Gasteiger partial charge in [0.05, 0.1) is 17.6 Å². The van der Waals surface area contributed by atoms with Crippen LogP contribution in [0.3, 0.4) is 0 Å². The molecule has 84 valence electrons. The predicted molar refractivity (Wildman–Crippen MR) is 56.4 cm³/mol. The number of fused-ring (bicyclic) bond motifs is 1. The van der Waals surface area contributed by atoms with Gasteiger partial charge in [0.15, 0.2) is 0 Å². The maximum absolute atomic E-state index is 11.7. The minimum atomic E-state index is -0.0897. The molecule has 3 unspecified atom stereocenters. The molecule has 0 bridgehead atoms. The molecule has 0 N–H and O–H groups in total. The second-order valence-corrected chi connectivity index (χ2v) is 4.96. The summed E-state index contributed by atoms with van der Waals surface area (Å²) in [5, 5.41) is 0. The van der Waals surface area contributed by atoms with Crippen LogP contribution in [0.4, 0.5) is 0 Å². The fourth-order valence-electron chi connectivity index (χ4n) is 2.29. The van der Waals surface area contributed by atoms with Crippen molar-refractivity contribution in [2.45, 2.75) is 44.8 Å². The van der Waals surface area contributed by atoms with Crippen molar-refractivity contribution in [3.63, 3.8) is 0 Å². The molecule has 0 spiro atoms. The van der Waals surface area contributed by atoms with E-state index in [0.29, 0.717) is 12.7 Å². The van der Waals surface area contributed by atoms with Gasteiger partial charge < -0.3 is 9.47 Å². The van der Waals surface area contributed by atoms with Crippen molar-refractivity contribution < 1.29 is 14.3 Å². The van der Waals surface area contributed by atoms with E-state index in [1.807, 2.05) is 6.92 Å². The zero-order valence-electron chi connectivity index (χ0n) is 9.41. The highest BCUT2D eigenvalue weighted by atomic mass is 16.6. The highest BCUT2D eigenvalue weighted by Gasteiger charge is 2.56. The first kappa shape index (κ1) is 10.7. The maximum atomic E-state index is 11.7. The predicted octanol–water partition coefficient (Wildman–Crippen LogP) is 2.06. The lowest BCUT2D eigenvalue weighted by Crippen LogP contribution is -2.29. The van der Waals surface area contributed by atoms with E-state index in [4.69, 9.17) is 9.47 Å². The lowest BCUT2D eigenvalue weighted by atomic mass is 9.82. The maximum Gasteiger partial charge on any atom is 0.309 e. The Morgan fingerprint density at radius 1 is 1.60 bits per heavy atom. The molecule has 2 aliphatic rings. The number of esters is 1. The third kappa shape index (κ3) is 2.23. The fourth-order valence-corrected chi connectivity index (χ4v) is 2.29. The molecule has 1 heterocycles. The molecular weight excluding hydrogens is 192 g/mol. The molecule has 0 aromatic heterocycles. The fraction of sp³-hybridized carbons (Fsp3) is 0.750. The van der Waals surface area contributed by atoms with Crippen LogP contribution in [0, 0.1) is 5.92 Å². The Hall–Kier alpha value is -0.830. The molecule has 1 aliphatic carbocycles. The SMILES string of the molecule is C=C(C)COC(=O)C1CCC2OC2(C)C1. The molecule has 0 aromatic carbocycles. The molecule has 2 fully saturated rings. The molecule has 0 amide bonds. The van der Waals surface area contributed by atoms with Crippen molar-refractivity contribution in [2.75, 3.05) is 6.61 Å². The number of carbonyl (C=O) groups is 1. The Labute approximate surface area is 90.4 Å². The Balaban J connectivity index is 1.83. The first-order valence-electron chi connectivity index (χ1n) is 5.50. The topological polar surface area (TPSA) is 38.8 Å². The van der Waals surface area contributed by atoms with Crippen LogP contribution >= 0.6 is 0 Å². The van der Waals surface area contributed by atoms with E-state index in [1.54, 1.807) is 0 Å². The summed E-state index contributed by atoms with van der Waals surface area (Å²) in [4.78, 5) is 11.7. The summed E-state index contributed by atoms with van der Waals surface area (Å²) < 4.78 is 10.7. The molecule has 0 aromatic rings. The number of hydrogen-bond donors (Lipinski definition) is 0. The number of hydrogen-bond acceptors (Lipinski definition) is 3. The van der Waals surface area contributed by atoms with E-state index < -0.39 is 0 Å². The number of epoxide rings is 1. The van der Waals surface area contributed by atoms with Gasteiger partial charge in [-0.15, -0.1) is 0 Å². The van der Waals surface area contributed by atoms with Crippen LogP contribution in [0.5, 0.6) is 0 Å². The first-order chi connectivity index (χ1) is 7.01. The Bertz CT molecular complexity index is 297. The van der Waals surface area contributed by atoms with Crippen molar-refractivity contribution in [2.24, 2.45) is 5.92 Å². The van der Waals surface area contributed by atoms with Crippen molar-refractivity contribution in [3.05, 3.63) is 12.2 Å². The minimum Gasteiger partial charge on any atom is -0.461 e. The summed E-state index contributed by atoms with van der Waals surface area (Å²) in [6.45, 7) is 7.99. The number of ether oxygens (including phenoxy) is 2. The van der Waals surface area contributed by atoms with Crippen LogP contribution in [-0.4, -0.2) is 24.3 Å². The quantitative estimate of drug-likeness (QED) is 0.406. The van der Waals surface area contributed by atoms with E-state index >= 15 is 0 Å². The summed E-state index contributed by atoms with van der Waals surface area (Å²) in [5.41, 5.74) is 0.844. The van der Waals surface area contributed by atoms with E-state index in [1.165, 1.54) is 0 Å². The summed E-state index contributed by atoms with van der Waals surface area (Å²) in [5.74, 6) is -0.0683. The summed E-state index contributed by atoms with van der Waals surface area (Å²) in [6.07, 6.45) is 3.09. The second kappa shape index (κ2) is 3.63. The molecule has 3 nitrogen and oxygen atoms in total. The van der Waals surface area contributed by atoms with Crippen LogP contribution in [0.2, 0.25) is 0 Å². The van der Waals surface area contributed by atoms with Gasteiger partial charge in [-0.05, 0) is 38.7 Å². The zero-order valence-corrected chi connectivity index (χ0v) is 9.41. The zero-order chi connectivity index (χ0) is 11.1. The van der Waals surface area contributed by atoms with Gasteiger partial charge in [0, 0.05) is 0 Å². The second-order valence-electron chi connectivity index (χ2n) is 4.96.